The van der Waals surface area contributed by atoms with E-state index in [-0.39, 0.29) is 18.3 Å². The second kappa shape index (κ2) is 6.93. The molecule has 1 aliphatic rings. The summed E-state index contributed by atoms with van der Waals surface area (Å²) in [7, 11) is 0. The van der Waals surface area contributed by atoms with Crippen LogP contribution in [0.3, 0.4) is 0 Å². The fraction of sp³-hybridized carbons (Fsp3) is 0.286. The highest BCUT2D eigenvalue weighted by molar-refractivity contribution is 6.33. The Bertz CT molecular complexity index is 623. The van der Waals surface area contributed by atoms with E-state index in [1.54, 1.807) is 12.3 Å². The highest BCUT2D eigenvalue weighted by Crippen LogP contribution is 2.29. The first kappa shape index (κ1) is 15.8. The van der Waals surface area contributed by atoms with Crippen molar-refractivity contribution in [3.63, 3.8) is 0 Å². The number of aromatic amines is 1. The molecule has 112 valence electrons. The Kier molecular flexibility index (Phi) is 5.22. The van der Waals surface area contributed by atoms with Gasteiger partial charge in [0.15, 0.2) is 0 Å². The molecule has 5 nitrogen and oxygen atoms in total. The summed E-state index contributed by atoms with van der Waals surface area (Å²) < 4.78 is 0. The number of nitrogens with zero attached hydrogens (tertiary/aromatic N) is 2. The Hall–Kier alpha value is -1.56. The van der Waals surface area contributed by atoms with Gasteiger partial charge < -0.3 is 10.2 Å². The van der Waals surface area contributed by atoms with Crippen molar-refractivity contribution in [1.82, 2.24) is 20.4 Å². The van der Waals surface area contributed by atoms with E-state index in [1.165, 1.54) is 0 Å². The summed E-state index contributed by atoms with van der Waals surface area (Å²) in [5, 5.41) is 10.7. The second-order valence-corrected chi connectivity index (χ2v) is 5.09. The summed E-state index contributed by atoms with van der Waals surface area (Å²) in [6.45, 7) is 3.08. The Labute approximate surface area is 134 Å². The molecule has 2 N–H and O–H groups in total. The van der Waals surface area contributed by atoms with Gasteiger partial charge in [-0.05, 0) is 6.07 Å². The average molecular weight is 327 g/mol. The van der Waals surface area contributed by atoms with E-state index in [2.05, 4.69) is 15.5 Å². The quantitative estimate of drug-likeness (QED) is 0.889. The SMILES string of the molecule is Cl.O=C(c1cn[nH]c1-c1ccccc1Cl)N1CCNCC1. The molecule has 1 aliphatic heterocycles. The fourth-order valence-electron chi connectivity index (χ4n) is 2.36. The minimum atomic E-state index is -0.00447. The number of nitrogens with one attached hydrogen (secondary N) is 2. The molecule has 2 aromatic rings. The molecule has 21 heavy (non-hydrogen) atoms. The van der Waals surface area contributed by atoms with Crippen LogP contribution in [0.1, 0.15) is 10.4 Å². The molecule has 1 fully saturated rings. The largest absolute Gasteiger partial charge is 0.336 e. The first-order valence-corrected chi connectivity index (χ1v) is 6.93. The Balaban J connectivity index is 0.00000161. The highest BCUT2D eigenvalue weighted by atomic mass is 35.5. The number of carbonyl (C=O) groups is 1. The predicted molar refractivity (Wildman–Crippen MR) is 85.1 cm³/mol. The number of hydrogen-bond acceptors (Lipinski definition) is 3. The van der Waals surface area contributed by atoms with Crippen LogP contribution in [0.25, 0.3) is 11.3 Å². The first-order chi connectivity index (χ1) is 9.77. The van der Waals surface area contributed by atoms with Gasteiger partial charge in [-0.3, -0.25) is 9.89 Å². The molecule has 1 saturated heterocycles. The van der Waals surface area contributed by atoms with Crippen molar-refractivity contribution in [2.24, 2.45) is 0 Å². The molecule has 3 rings (SSSR count). The van der Waals surface area contributed by atoms with Gasteiger partial charge >= 0.3 is 0 Å². The lowest BCUT2D eigenvalue weighted by atomic mass is 10.1. The molecule has 1 amide bonds. The van der Waals surface area contributed by atoms with E-state index in [4.69, 9.17) is 11.6 Å². The van der Waals surface area contributed by atoms with Gasteiger partial charge in [0.25, 0.3) is 5.91 Å². The lowest BCUT2D eigenvalue weighted by Gasteiger charge is -2.27. The summed E-state index contributed by atoms with van der Waals surface area (Å²) in [6, 6.07) is 7.43. The smallest absolute Gasteiger partial charge is 0.257 e. The molecular formula is C14H16Cl2N4O. The fourth-order valence-corrected chi connectivity index (χ4v) is 2.59. The van der Waals surface area contributed by atoms with Crippen LogP contribution >= 0.6 is 24.0 Å². The lowest BCUT2D eigenvalue weighted by molar-refractivity contribution is 0.0736. The standard InChI is InChI=1S/C14H15ClN4O.ClH/c15-12-4-2-1-3-10(12)13-11(9-17-18-13)14(20)19-7-5-16-6-8-19;/h1-4,9,16H,5-8H2,(H,17,18);1H. The number of benzene rings is 1. The topological polar surface area (TPSA) is 61.0 Å². The van der Waals surface area contributed by atoms with Crippen molar-refractivity contribution in [3.8, 4) is 11.3 Å². The second-order valence-electron chi connectivity index (χ2n) is 4.68. The molecule has 1 aromatic carbocycles. The normalized spacial score (nSPS) is 14.6. The van der Waals surface area contributed by atoms with E-state index in [1.807, 2.05) is 23.1 Å². The molecule has 0 unspecified atom stereocenters. The van der Waals surface area contributed by atoms with Crippen LogP contribution in [0.5, 0.6) is 0 Å². The van der Waals surface area contributed by atoms with E-state index in [9.17, 15) is 4.79 Å². The molecule has 0 aliphatic carbocycles. The van der Waals surface area contributed by atoms with E-state index in [0.29, 0.717) is 29.4 Å². The third-order valence-corrected chi connectivity index (χ3v) is 3.75. The zero-order chi connectivity index (χ0) is 13.9. The van der Waals surface area contributed by atoms with Gasteiger partial charge in [-0.15, -0.1) is 12.4 Å². The number of H-pyrrole nitrogens is 1. The molecule has 1 aromatic heterocycles. The van der Waals surface area contributed by atoms with E-state index in [0.717, 1.165) is 18.7 Å². The maximum absolute atomic E-state index is 12.6. The summed E-state index contributed by atoms with van der Waals surface area (Å²) in [4.78, 5) is 14.4. The Morgan fingerprint density at radius 1 is 1.24 bits per heavy atom. The van der Waals surface area contributed by atoms with Crippen molar-refractivity contribution in [2.75, 3.05) is 26.2 Å². The van der Waals surface area contributed by atoms with Crippen LogP contribution in [0.2, 0.25) is 5.02 Å². The minimum Gasteiger partial charge on any atom is -0.336 e. The van der Waals surface area contributed by atoms with Gasteiger partial charge in [-0.25, -0.2) is 0 Å². The number of piperazine rings is 1. The summed E-state index contributed by atoms with van der Waals surface area (Å²) in [5.41, 5.74) is 2.05. The molecule has 0 radical (unpaired) electrons. The van der Waals surface area contributed by atoms with Crippen molar-refractivity contribution < 1.29 is 4.79 Å². The van der Waals surface area contributed by atoms with Crippen molar-refractivity contribution in [2.45, 2.75) is 0 Å². The van der Waals surface area contributed by atoms with Gasteiger partial charge in [-0.1, -0.05) is 29.8 Å². The number of halogens is 2. The first-order valence-electron chi connectivity index (χ1n) is 6.55. The molecule has 0 spiro atoms. The van der Waals surface area contributed by atoms with Gasteiger partial charge in [0, 0.05) is 36.8 Å². The minimum absolute atomic E-state index is 0. The van der Waals surface area contributed by atoms with Crippen LogP contribution in [-0.2, 0) is 0 Å². The van der Waals surface area contributed by atoms with E-state index < -0.39 is 0 Å². The number of aromatic nitrogens is 2. The number of amides is 1. The van der Waals surface area contributed by atoms with Crippen molar-refractivity contribution in [3.05, 3.63) is 41.0 Å². The Morgan fingerprint density at radius 3 is 2.67 bits per heavy atom. The molecule has 2 heterocycles. The number of carbonyl (C=O) groups excluding carboxylic acids is 1. The molecule has 0 bridgehead atoms. The molecule has 0 saturated carbocycles. The van der Waals surface area contributed by atoms with Gasteiger partial charge in [0.05, 0.1) is 17.5 Å². The van der Waals surface area contributed by atoms with Crippen molar-refractivity contribution >= 4 is 29.9 Å². The van der Waals surface area contributed by atoms with Gasteiger partial charge in [-0.2, -0.15) is 5.10 Å². The van der Waals surface area contributed by atoms with Crippen LogP contribution in [0, 0.1) is 0 Å². The highest BCUT2D eigenvalue weighted by Gasteiger charge is 2.23. The predicted octanol–water partition coefficient (Wildman–Crippen LogP) is 2.20. The zero-order valence-electron chi connectivity index (χ0n) is 11.3. The average Bonchev–Trinajstić information content (AvgIpc) is 2.97. The summed E-state index contributed by atoms with van der Waals surface area (Å²) in [5.74, 6) is -0.00447. The van der Waals surface area contributed by atoms with Gasteiger partial charge in [0.2, 0.25) is 0 Å². The third-order valence-electron chi connectivity index (χ3n) is 3.42. The zero-order valence-corrected chi connectivity index (χ0v) is 12.9. The molecule has 0 atom stereocenters. The summed E-state index contributed by atoms with van der Waals surface area (Å²) in [6.07, 6.45) is 1.57. The van der Waals surface area contributed by atoms with Crippen LogP contribution < -0.4 is 5.32 Å². The van der Waals surface area contributed by atoms with Crippen LogP contribution in [-0.4, -0.2) is 47.2 Å². The van der Waals surface area contributed by atoms with Crippen molar-refractivity contribution in [1.29, 1.82) is 0 Å². The number of hydrogen-bond donors (Lipinski definition) is 2. The third kappa shape index (κ3) is 3.20. The van der Waals surface area contributed by atoms with Gasteiger partial charge in [0.1, 0.15) is 0 Å². The lowest BCUT2D eigenvalue weighted by Crippen LogP contribution is -2.46. The molecular weight excluding hydrogens is 311 g/mol. The van der Waals surface area contributed by atoms with E-state index >= 15 is 0 Å². The maximum Gasteiger partial charge on any atom is 0.257 e. The Morgan fingerprint density at radius 2 is 1.95 bits per heavy atom. The van der Waals surface area contributed by atoms with Crippen LogP contribution in [0.4, 0.5) is 0 Å². The van der Waals surface area contributed by atoms with Crippen LogP contribution in [0.15, 0.2) is 30.5 Å². The summed E-state index contributed by atoms with van der Waals surface area (Å²) >= 11 is 6.20. The monoisotopic (exact) mass is 326 g/mol. The number of rotatable bonds is 2. The maximum atomic E-state index is 12.6. The molecule has 7 heteroatoms.